The second-order valence-electron chi connectivity index (χ2n) is 7.89. The van der Waals surface area contributed by atoms with Crippen LogP contribution in [0.1, 0.15) is 5.56 Å². The van der Waals surface area contributed by atoms with Crippen LogP contribution < -0.4 is 19.5 Å². The first-order valence-corrected chi connectivity index (χ1v) is 11.5. The Bertz CT molecular complexity index is 1520. The SMILES string of the molecule is COc1ccc(CNc2cnnc3cc(-c4cc(Cl)c(OC)cc4-c4ncco4)ccc23)c(OC)c1. The van der Waals surface area contributed by atoms with Gasteiger partial charge in [-0.3, -0.25) is 0 Å². The summed E-state index contributed by atoms with van der Waals surface area (Å²) >= 11 is 6.47. The van der Waals surface area contributed by atoms with Crippen molar-refractivity contribution in [2.75, 3.05) is 26.6 Å². The molecule has 182 valence electrons. The molecule has 0 atom stereocenters. The van der Waals surface area contributed by atoms with Crippen molar-refractivity contribution in [2.24, 2.45) is 0 Å². The molecule has 5 rings (SSSR count). The maximum Gasteiger partial charge on any atom is 0.226 e. The lowest BCUT2D eigenvalue weighted by Gasteiger charge is -2.14. The molecule has 0 spiro atoms. The minimum Gasteiger partial charge on any atom is -0.497 e. The van der Waals surface area contributed by atoms with Gasteiger partial charge in [0.05, 0.1) is 49.9 Å². The lowest BCUT2D eigenvalue weighted by atomic mass is 9.97. The van der Waals surface area contributed by atoms with Crippen molar-refractivity contribution in [2.45, 2.75) is 6.54 Å². The zero-order chi connectivity index (χ0) is 25.1. The molecule has 3 aromatic carbocycles. The number of anilines is 1. The number of fused-ring (bicyclic) bond motifs is 1. The van der Waals surface area contributed by atoms with Crippen molar-refractivity contribution in [3.8, 4) is 39.8 Å². The number of nitrogens with one attached hydrogen (secondary N) is 1. The van der Waals surface area contributed by atoms with Gasteiger partial charge < -0.3 is 23.9 Å². The first-order chi connectivity index (χ1) is 17.6. The Labute approximate surface area is 212 Å². The second-order valence-corrected chi connectivity index (χ2v) is 8.30. The van der Waals surface area contributed by atoms with Crippen LogP contribution in [0.3, 0.4) is 0 Å². The first kappa shape index (κ1) is 23.4. The van der Waals surface area contributed by atoms with Crippen molar-refractivity contribution in [3.63, 3.8) is 0 Å². The number of hydrogen-bond acceptors (Lipinski definition) is 8. The fourth-order valence-electron chi connectivity index (χ4n) is 4.04. The van der Waals surface area contributed by atoms with Crippen LogP contribution in [0.25, 0.3) is 33.5 Å². The second kappa shape index (κ2) is 10.1. The van der Waals surface area contributed by atoms with Crippen molar-refractivity contribution >= 4 is 28.2 Å². The Morgan fingerprint density at radius 3 is 2.53 bits per heavy atom. The monoisotopic (exact) mass is 502 g/mol. The van der Waals surface area contributed by atoms with Gasteiger partial charge in [-0.1, -0.05) is 17.7 Å². The Kier molecular flexibility index (Phi) is 6.60. The minimum absolute atomic E-state index is 0.468. The van der Waals surface area contributed by atoms with Crippen LogP contribution in [0.5, 0.6) is 17.2 Å². The predicted octanol–water partition coefficient (Wildman–Crippen LogP) is 6.24. The summed E-state index contributed by atoms with van der Waals surface area (Å²) in [6.07, 6.45) is 4.84. The van der Waals surface area contributed by atoms with Crippen molar-refractivity contribution in [1.82, 2.24) is 15.2 Å². The number of benzene rings is 3. The lowest BCUT2D eigenvalue weighted by Crippen LogP contribution is -2.03. The number of hydrogen-bond donors (Lipinski definition) is 1. The minimum atomic E-state index is 0.468. The number of halogens is 1. The molecule has 0 bridgehead atoms. The Morgan fingerprint density at radius 1 is 0.917 bits per heavy atom. The maximum absolute atomic E-state index is 6.47. The molecule has 2 heterocycles. The van der Waals surface area contributed by atoms with E-state index in [4.69, 9.17) is 30.2 Å². The first-order valence-electron chi connectivity index (χ1n) is 11.1. The van der Waals surface area contributed by atoms with E-state index in [-0.39, 0.29) is 0 Å². The fourth-order valence-corrected chi connectivity index (χ4v) is 4.28. The highest BCUT2D eigenvalue weighted by atomic mass is 35.5. The van der Waals surface area contributed by atoms with E-state index in [1.54, 1.807) is 33.7 Å². The van der Waals surface area contributed by atoms with E-state index < -0.39 is 0 Å². The van der Waals surface area contributed by atoms with Gasteiger partial charge in [0, 0.05) is 29.1 Å². The summed E-state index contributed by atoms with van der Waals surface area (Å²) in [5, 5.41) is 13.4. The molecule has 0 aliphatic carbocycles. The van der Waals surface area contributed by atoms with Crippen molar-refractivity contribution in [1.29, 1.82) is 0 Å². The number of ether oxygens (including phenoxy) is 3. The Morgan fingerprint density at radius 2 is 1.78 bits per heavy atom. The standard InChI is InChI=1S/C27H23ClN4O4/c1-33-18-6-4-17(25(11-18)34-2)14-30-24-15-31-32-23-10-16(5-7-19(23)24)20-12-22(28)26(35-3)13-21(20)27-29-8-9-36-27/h4-13,15H,14H2,1-3H3,(H,30,32). The van der Waals surface area contributed by atoms with Gasteiger partial charge in [-0.2, -0.15) is 10.2 Å². The van der Waals surface area contributed by atoms with Crippen molar-refractivity contribution in [3.05, 3.63) is 77.8 Å². The van der Waals surface area contributed by atoms with Crippen LogP contribution in [0, 0.1) is 0 Å². The van der Waals surface area contributed by atoms with E-state index in [0.29, 0.717) is 23.2 Å². The normalized spacial score (nSPS) is 10.9. The predicted molar refractivity (Wildman–Crippen MR) is 139 cm³/mol. The summed E-state index contributed by atoms with van der Waals surface area (Å²) in [4.78, 5) is 4.31. The zero-order valence-electron chi connectivity index (χ0n) is 19.9. The van der Waals surface area contributed by atoms with Crippen LogP contribution in [-0.2, 0) is 6.54 Å². The third-order valence-electron chi connectivity index (χ3n) is 5.87. The van der Waals surface area contributed by atoms with E-state index in [2.05, 4.69) is 20.5 Å². The largest absolute Gasteiger partial charge is 0.497 e. The number of nitrogens with zero attached hydrogens (tertiary/aromatic N) is 3. The van der Waals surface area contributed by atoms with Crippen LogP contribution in [-0.4, -0.2) is 36.5 Å². The Hall–Kier alpha value is -4.30. The zero-order valence-corrected chi connectivity index (χ0v) is 20.7. The average molecular weight is 503 g/mol. The van der Waals surface area contributed by atoms with Crippen molar-refractivity contribution < 1.29 is 18.6 Å². The molecule has 0 aliphatic rings. The molecule has 2 aromatic heterocycles. The van der Waals surface area contributed by atoms with Gasteiger partial charge in [0.1, 0.15) is 23.5 Å². The van der Waals surface area contributed by atoms with E-state index in [1.807, 2.05) is 48.5 Å². The lowest BCUT2D eigenvalue weighted by molar-refractivity contribution is 0.391. The summed E-state index contributed by atoms with van der Waals surface area (Å²) in [5.41, 5.74) is 5.06. The van der Waals surface area contributed by atoms with E-state index >= 15 is 0 Å². The highest BCUT2D eigenvalue weighted by Gasteiger charge is 2.17. The molecule has 0 amide bonds. The maximum atomic E-state index is 6.47. The number of oxazole rings is 1. The molecule has 0 radical (unpaired) electrons. The number of rotatable bonds is 8. The van der Waals surface area contributed by atoms with Crippen LogP contribution >= 0.6 is 11.6 Å². The average Bonchev–Trinajstić information content (AvgIpc) is 3.46. The molecule has 0 saturated heterocycles. The summed E-state index contributed by atoms with van der Waals surface area (Å²) in [7, 11) is 4.84. The third kappa shape index (κ3) is 4.50. The van der Waals surface area contributed by atoms with Gasteiger partial charge in [-0.05, 0) is 47.5 Å². The highest BCUT2D eigenvalue weighted by molar-refractivity contribution is 6.32. The third-order valence-corrected chi connectivity index (χ3v) is 6.16. The molecular weight excluding hydrogens is 480 g/mol. The van der Waals surface area contributed by atoms with Gasteiger partial charge in [0.25, 0.3) is 0 Å². The highest BCUT2D eigenvalue weighted by Crippen LogP contribution is 2.40. The molecule has 1 N–H and O–H groups in total. The van der Waals surface area contributed by atoms with Crippen LogP contribution in [0.4, 0.5) is 5.69 Å². The summed E-state index contributed by atoms with van der Waals surface area (Å²) in [6.45, 7) is 0.540. The van der Waals surface area contributed by atoms with Gasteiger partial charge in [-0.25, -0.2) is 4.98 Å². The summed E-state index contributed by atoms with van der Waals surface area (Å²) in [5.74, 6) is 2.48. The number of aromatic nitrogens is 3. The van der Waals surface area contributed by atoms with E-state index in [9.17, 15) is 0 Å². The summed E-state index contributed by atoms with van der Waals surface area (Å²) < 4.78 is 21.8. The molecule has 0 saturated carbocycles. The number of methoxy groups -OCH3 is 3. The topological polar surface area (TPSA) is 91.5 Å². The van der Waals surface area contributed by atoms with Crippen LogP contribution in [0.15, 0.2) is 71.6 Å². The van der Waals surface area contributed by atoms with Gasteiger partial charge in [0.15, 0.2) is 0 Å². The van der Waals surface area contributed by atoms with Gasteiger partial charge in [0.2, 0.25) is 5.89 Å². The molecular formula is C27H23ClN4O4. The van der Waals surface area contributed by atoms with Gasteiger partial charge in [-0.15, -0.1) is 0 Å². The molecule has 36 heavy (non-hydrogen) atoms. The van der Waals surface area contributed by atoms with Gasteiger partial charge >= 0.3 is 0 Å². The molecule has 0 aliphatic heterocycles. The molecule has 9 heteroatoms. The van der Waals surface area contributed by atoms with Crippen LogP contribution in [0.2, 0.25) is 5.02 Å². The summed E-state index contributed by atoms with van der Waals surface area (Å²) in [6, 6.07) is 15.4. The fraction of sp³-hybridized carbons (Fsp3) is 0.148. The van der Waals surface area contributed by atoms with E-state index in [0.717, 1.165) is 50.3 Å². The molecule has 0 unspecified atom stereocenters. The smallest absolute Gasteiger partial charge is 0.226 e. The molecule has 0 fully saturated rings. The van der Waals surface area contributed by atoms with E-state index in [1.165, 1.54) is 6.26 Å². The molecule has 8 nitrogen and oxygen atoms in total. The quantitative estimate of drug-likeness (QED) is 0.266. The molecule has 5 aromatic rings. The Balaban J connectivity index is 1.50.